The number of carbonyl (C=O) groups is 1. The Labute approximate surface area is 143 Å². The largest absolute Gasteiger partial charge is 0.348 e. The molecule has 0 aliphatic heterocycles. The molecule has 24 heavy (non-hydrogen) atoms. The molecule has 2 rings (SSSR count). The highest BCUT2D eigenvalue weighted by Gasteiger charge is 2.16. The number of amides is 1. The zero-order valence-electron chi connectivity index (χ0n) is 14.1. The summed E-state index contributed by atoms with van der Waals surface area (Å²) in [7, 11) is -1.80. The number of anilines is 1. The standard InChI is InChI=1S/C18H22N2O3S/c1-4-24(22,23)20(3)17-11-9-15(10-12-17)18(21)19-13-16-8-6-5-7-14(16)2/h5-12H,4,13H2,1-3H3,(H,19,21). The molecule has 2 aromatic rings. The average Bonchev–Trinajstić information content (AvgIpc) is 2.60. The maximum atomic E-state index is 12.2. The van der Waals surface area contributed by atoms with Gasteiger partial charge in [0.05, 0.1) is 11.4 Å². The third kappa shape index (κ3) is 4.14. The van der Waals surface area contributed by atoms with E-state index in [4.69, 9.17) is 0 Å². The van der Waals surface area contributed by atoms with Crippen LogP contribution in [0.4, 0.5) is 5.69 Å². The Balaban J connectivity index is 2.05. The fraction of sp³-hybridized carbons (Fsp3) is 0.278. The highest BCUT2D eigenvalue weighted by atomic mass is 32.2. The summed E-state index contributed by atoms with van der Waals surface area (Å²) in [6.45, 7) is 4.05. The van der Waals surface area contributed by atoms with Crippen LogP contribution < -0.4 is 9.62 Å². The van der Waals surface area contributed by atoms with E-state index in [1.807, 2.05) is 31.2 Å². The number of nitrogens with zero attached hydrogens (tertiary/aromatic N) is 1. The predicted molar refractivity (Wildman–Crippen MR) is 96.7 cm³/mol. The Kier molecular flexibility index (Phi) is 5.62. The van der Waals surface area contributed by atoms with Crippen LogP contribution in [-0.4, -0.2) is 27.1 Å². The fourth-order valence-electron chi connectivity index (χ4n) is 2.26. The van der Waals surface area contributed by atoms with Crippen molar-refractivity contribution in [3.8, 4) is 0 Å². The second-order valence-electron chi connectivity index (χ2n) is 5.52. The summed E-state index contributed by atoms with van der Waals surface area (Å²) < 4.78 is 24.9. The van der Waals surface area contributed by atoms with Gasteiger partial charge in [-0.2, -0.15) is 0 Å². The van der Waals surface area contributed by atoms with Crippen molar-refractivity contribution in [2.45, 2.75) is 20.4 Å². The Morgan fingerprint density at radius 3 is 2.29 bits per heavy atom. The molecule has 0 atom stereocenters. The van der Waals surface area contributed by atoms with Gasteiger partial charge in [-0.15, -0.1) is 0 Å². The van der Waals surface area contributed by atoms with E-state index < -0.39 is 10.0 Å². The van der Waals surface area contributed by atoms with Gasteiger partial charge in [0, 0.05) is 19.2 Å². The van der Waals surface area contributed by atoms with Gasteiger partial charge in [-0.3, -0.25) is 9.10 Å². The first-order valence-electron chi connectivity index (χ1n) is 7.74. The molecular formula is C18H22N2O3S. The molecule has 0 fully saturated rings. The minimum absolute atomic E-state index is 0.0299. The van der Waals surface area contributed by atoms with Crippen molar-refractivity contribution in [3.63, 3.8) is 0 Å². The van der Waals surface area contributed by atoms with Crippen molar-refractivity contribution in [2.24, 2.45) is 0 Å². The van der Waals surface area contributed by atoms with E-state index in [0.29, 0.717) is 17.8 Å². The van der Waals surface area contributed by atoms with Gasteiger partial charge in [-0.1, -0.05) is 24.3 Å². The molecule has 6 heteroatoms. The SMILES string of the molecule is CCS(=O)(=O)N(C)c1ccc(C(=O)NCc2ccccc2C)cc1. The quantitative estimate of drug-likeness (QED) is 0.874. The number of carbonyl (C=O) groups excluding carboxylic acids is 1. The van der Waals surface area contributed by atoms with Gasteiger partial charge in [-0.25, -0.2) is 8.42 Å². The highest BCUT2D eigenvalue weighted by Crippen LogP contribution is 2.17. The number of nitrogens with one attached hydrogen (secondary N) is 1. The second kappa shape index (κ2) is 7.49. The maximum Gasteiger partial charge on any atom is 0.251 e. The van der Waals surface area contributed by atoms with Crippen molar-refractivity contribution < 1.29 is 13.2 Å². The molecule has 0 spiro atoms. The third-order valence-electron chi connectivity index (χ3n) is 3.98. The summed E-state index contributed by atoms with van der Waals surface area (Å²) in [4.78, 5) is 12.2. The average molecular weight is 346 g/mol. The predicted octanol–water partition coefficient (Wildman–Crippen LogP) is 2.71. The zero-order valence-corrected chi connectivity index (χ0v) is 14.9. The first-order valence-corrected chi connectivity index (χ1v) is 9.35. The molecule has 0 saturated heterocycles. The molecule has 0 heterocycles. The van der Waals surface area contributed by atoms with Gasteiger partial charge in [0.25, 0.3) is 5.91 Å². The molecule has 0 radical (unpaired) electrons. The maximum absolute atomic E-state index is 12.2. The van der Waals surface area contributed by atoms with Crippen LogP contribution in [0.15, 0.2) is 48.5 Å². The minimum atomic E-state index is -3.30. The zero-order chi connectivity index (χ0) is 17.7. The number of benzene rings is 2. The molecule has 0 aliphatic rings. The monoisotopic (exact) mass is 346 g/mol. The van der Waals surface area contributed by atoms with Crippen molar-refractivity contribution in [1.82, 2.24) is 5.32 Å². The number of rotatable bonds is 6. The van der Waals surface area contributed by atoms with Crippen LogP contribution in [0.5, 0.6) is 0 Å². The van der Waals surface area contributed by atoms with Crippen LogP contribution in [0.25, 0.3) is 0 Å². The number of hydrogen-bond donors (Lipinski definition) is 1. The van der Waals surface area contributed by atoms with E-state index >= 15 is 0 Å². The van der Waals surface area contributed by atoms with Crippen LogP contribution in [0.3, 0.4) is 0 Å². The summed E-state index contributed by atoms with van der Waals surface area (Å²) in [5.74, 6) is -0.159. The summed E-state index contributed by atoms with van der Waals surface area (Å²) >= 11 is 0. The normalized spacial score (nSPS) is 11.1. The second-order valence-corrected chi connectivity index (χ2v) is 7.81. The molecule has 1 N–H and O–H groups in total. The van der Waals surface area contributed by atoms with E-state index in [-0.39, 0.29) is 11.7 Å². The van der Waals surface area contributed by atoms with Crippen LogP contribution in [-0.2, 0) is 16.6 Å². The summed E-state index contributed by atoms with van der Waals surface area (Å²) in [6, 6.07) is 14.4. The third-order valence-corrected chi connectivity index (χ3v) is 5.75. The van der Waals surface area contributed by atoms with E-state index in [1.54, 1.807) is 31.2 Å². The lowest BCUT2D eigenvalue weighted by molar-refractivity contribution is 0.0951. The minimum Gasteiger partial charge on any atom is -0.348 e. The molecule has 0 aliphatic carbocycles. The Bertz CT molecular complexity index is 814. The lowest BCUT2D eigenvalue weighted by atomic mass is 10.1. The lowest BCUT2D eigenvalue weighted by Gasteiger charge is -2.18. The molecule has 0 aromatic heterocycles. The van der Waals surface area contributed by atoms with Gasteiger partial charge < -0.3 is 5.32 Å². The van der Waals surface area contributed by atoms with Crippen molar-refractivity contribution in [1.29, 1.82) is 0 Å². The molecule has 5 nitrogen and oxygen atoms in total. The van der Waals surface area contributed by atoms with E-state index in [9.17, 15) is 13.2 Å². The first-order chi connectivity index (χ1) is 11.3. The molecule has 0 saturated carbocycles. The summed E-state index contributed by atoms with van der Waals surface area (Å²) in [6.07, 6.45) is 0. The van der Waals surface area contributed by atoms with Crippen molar-refractivity contribution in [3.05, 3.63) is 65.2 Å². The Hall–Kier alpha value is -2.34. The van der Waals surface area contributed by atoms with Crippen molar-refractivity contribution >= 4 is 21.6 Å². The van der Waals surface area contributed by atoms with E-state index in [0.717, 1.165) is 11.1 Å². The summed E-state index contributed by atoms with van der Waals surface area (Å²) in [5.41, 5.74) is 3.22. The number of aryl methyl sites for hydroxylation is 1. The molecule has 0 bridgehead atoms. The van der Waals surface area contributed by atoms with Gasteiger partial charge in [0.15, 0.2) is 0 Å². The summed E-state index contributed by atoms with van der Waals surface area (Å²) in [5, 5.41) is 2.88. The molecule has 2 aromatic carbocycles. The lowest BCUT2D eigenvalue weighted by Crippen LogP contribution is -2.28. The smallest absolute Gasteiger partial charge is 0.251 e. The first kappa shape index (κ1) is 18.0. The Morgan fingerprint density at radius 2 is 1.71 bits per heavy atom. The van der Waals surface area contributed by atoms with Crippen LogP contribution >= 0.6 is 0 Å². The highest BCUT2D eigenvalue weighted by molar-refractivity contribution is 7.92. The fourth-order valence-corrected chi connectivity index (χ4v) is 3.09. The molecular weight excluding hydrogens is 324 g/mol. The van der Waals surface area contributed by atoms with E-state index in [2.05, 4.69) is 5.32 Å². The van der Waals surface area contributed by atoms with Crippen LogP contribution in [0, 0.1) is 6.92 Å². The topological polar surface area (TPSA) is 66.5 Å². The Morgan fingerprint density at radius 1 is 1.08 bits per heavy atom. The van der Waals surface area contributed by atoms with Gasteiger partial charge in [-0.05, 0) is 49.2 Å². The van der Waals surface area contributed by atoms with Crippen molar-refractivity contribution in [2.75, 3.05) is 17.1 Å². The van der Waals surface area contributed by atoms with Crippen LogP contribution in [0.1, 0.15) is 28.4 Å². The van der Waals surface area contributed by atoms with Crippen LogP contribution in [0.2, 0.25) is 0 Å². The van der Waals surface area contributed by atoms with E-state index in [1.165, 1.54) is 11.4 Å². The van der Waals surface area contributed by atoms with Gasteiger partial charge in [0.2, 0.25) is 10.0 Å². The van der Waals surface area contributed by atoms with Gasteiger partial charge in [0.1, 0.15) is 0 Å². The molecule has 128 valence electrons. The number of hydrogen-bond acceptors (Lipinski definition) is 3. The molecule has 0 unspecified atom stereocenters. The van der Waals surface area contributed by atoms with Gasteiger partial charge >= 0.3 is 0 Å². The molecule has 1 amide bonds. The number of sulfonamides is 1.